The molecule has 0 bridgehead atoms. The predicted octanol–water partition coefficient (Wildman–Crippen LogP) is 2.37. The molecular weight excluding hydrogens is 344 g/mol. The molecule has 2 fully saturated rings. The number of carbonyl (C=O) groups excluding carboxylic acids is 1. The number of rotatable bonds is 7. The first kappa shape index (κ1) is 16.7. The van der Waals surface area contributed by atoms with Gasteiger partial charge < -0.3 is 8.99 Å². The van der Waals surface area contributed by atoms with Crippen molar-refractivity contribution in [2.75, 3.05) is 0 Å². The Kier molecular flexibility index (Phi) is 3.74. The molecule has 4 rings (SSSR count). The molecule has 1 aromatic heterocycles. The second kappa shape index (κ2) is 5.61. The number of benzene rings is 1. The third kappa shape index (κ3) is 2.68. The summed E-state index contributed by atoms with van der Waals surface area (Å²) in [7, 11) is -3.01. The van der Waals surface area contributed by atoms with Crippen LogP contribution in [0.1, 0.15) is 27.2 Å². The second-order valence-corrected chi connectivity index (χ2v) is 10.9. The minimum atomic E-state index is -3.01. The van der Waals surface area contributed by atoms with Gasteiger partial charge in [0, 0.05) is 13.5 Å². The fraction of sp³-hybridized carbons (Fsp3) is 0.500. The van der Waals surface area contributed by atoms with Crippen molar-refractivity contribution in [1.82, 2.24) is 9.55 Å². The van der Waals surface area contributed by atoms with Crippen LogP contribution in [0.5, 0.6) is 0 Å². The van der Waals surface area contributed by atoms with Gasteiger partial charge in [-0.2, -0.15) is 19.6 Å². The Labute approximate surface area is 145 Å². The Morgan fingerprint density at radius 1 is 1.20 bits per heavy atom. The molecule has 0 radical (unpaired) electrons. The summed E-state index contributed by atoms with van der Waals surface area (Å²) >= 11 is 0. The molecule has 0 spiro atoms. The van der Waals surface area contributed by atoms with Gasteiger partial charge in [-0.05, 0) is 38.4 Å². The monoisotopic (exact) mass is 364 g/mol. The van der Waals surface area contributed by atoms with Crippen molar-refractivity contribution in [2.45, 2.75) is 50.6 Å². The van der Waals surface area contributed by atoms with E-state index in [0.29, 0.717) is 6.04 Å². The van der Waals surface area contributed by atoms with E-state index in [9.17, 15) is 4.79 Å². The van der Waals surface area contributed by atoms with E-state index >= 15 is 0 Å². The highest BCUT2D eigenvalue weighted by atomic mass is 28.4. The topological polar surface area (TPSA) is 94.2 Å². The highest BCUT2D eigenvalue weighted by Gasteiger charge is 2.82. The maximum Gasteiger partial charge on any atom is 0.390 e. The molecule has 2 aromatic rings. The number of imidazole rings is 1. The molecule has 8 nitrogen and oxygen atoms in total. The smallest absolute Gasteiger partial charge is 0.390 e. The summed E-state index contributed by atoms with van der Waals surface area (Å²) in [6.07, 6.45) is 2.56. The van der Waals surface area contributed by atoms with Gasteiger partial charge in [0.1, 0.15) is 0 Å². The summed E-state index contributed by atoms with van der Waals surface area (Å²) in [4.78, 5) is 36.9. The Morgan fingerprint density at radius 3 is 2.44 bits per heavy atom. The van der Waals surface area contributed by atoms with Crippen molar-refractivity contribution >= 4 is 25.3 Å². The zero-order chi connectivity index (χ0) is 17.7. The fourth-order valence-electron chi connectivity index (χ4n) is 3.43. The number of aryl methyl sites for hydroxylation is 1. The molecule has 25 heavy (non-hydrogen) atoms. The van der Waals surface area contributed by atoms with Crippen LogP contribution < -0.4 is 0 Å². The molecule has 134 valence electrons. The first-order chi connectivity index (χ1) is 11.9. The van der Waals surface area contributed by atoms with Crippen LogP contribution in [-0.2, 0) is 35.3 Å². The summed E-state index contributed by atoms with van der Waals surface area (Å²) in [6.45, 7) is 5.64. The van der Waals surface area contributed by atoms with Crippen molar-refractivity contribution in [3.63, 3.8) is 0 Å². The normalized spacial score (nSPS) is 20.4. The van der Waals surface area contributed by atoms with Crippen LogP contribution in [-0.4, -0.2) is 34.7 Å². The van der Waals surface area contributed by atoms with Crippen molar-refractivity contribution < 1.29 is 28.8 Å². The molecule has 1 aromatic carbocycles. The number of hydrogen-bond donors (Lipinski definition) is 0. The highest BCUT2D eigenvalue weighted by Crippen LogP contribution is 2.54. The maximum absolute atomic E-state index is 11.7. The Morgan fingerprint density at radius 2 is 1.84 bits per heavy atom. The third-order valence-electron chi connectivity index (χ3n) is 4.91. The van der Waals surface area contributed by atoms with Crippen molar-refractivity contribution in [1.29, 1.82) is 0 Å². The largest absolute Gasteiger partial charge is 0.507 e. The van der Waals surface area contributed by atoms with E-state index in [1.165, 1.54) is 6.92 Å². The van der Waals surface area contributed by atoms with Gasteiger partial charge in [0.25, 0.3) is 16.8 Å². The Hall–Kier alpha value is -1.78. The molecule has 0 amide bonds. The number of carbonyl (C=O) groups is 1. The van der Waals surface area contributed by atoms with Crippen LogP contribution in [0.3, 0.4) is 0 Å². The molecule has 9 heteroatoms. The van der Waals surface area contributed by atoms with Crippen LogP contribution in [0.25, 0.3) is 11.0 Å². The molecule has 2 saturated heterocycles. The van der Waals surface area contributed by atoms with Gasteiger partial charge in [0.15, 0.2) is 0 Å². The van der Waals surface area contributed by atoms with Crippen molar-refractivity contribution in [2.24, 2.45) is 0 Å². The Balaban J connectivity index is 1.54. The minimum Gasteiger partial charge on any atom is -0.507 e. The summed E-state index contributed by atoms with van der Waals surface area (Å²) in [5.41, 5.74) is 0.104. The molecule has 0 N–H and O–H groups in total. The molecule has 0 atom stereocenters. The van der Waals surface area contributed by atoms with Crippen LogP contribution in [0.2, 0.25) is 6.04 Å². The van der Waals surface area contributed by atoms with E-state index < -0.39 is 19.1 Å². The molecule has 0 saturated carbocycles. The number of nitrogens with zero attached hydrogens (tertiary/aromatic N) is 2. The average Bonchev–Trinajstić information content (AvgIpc) is 3.47. The quantitative estimate of drug-likeness (QED) is 0.423. The van der Waals surface area contributed by atoms with E-state index in [1.807, 2.05) is 30.6 Å². The zero-order valence-corrected chi connectivity index (χ0v) is 15.4. The van der Waals surface area contributed by atoms with Crippen molar-refractivity contribution in [3.8, 4) is 0 Å². The third-order valence-corrected chi connectivity index (χ3v) is 9.87. The lowest BCUT2D eigenvalue weighted by Crippen LogP contribution is -2.63. The molecular formula is C16H20N2O6Si. The number of hydrogen-bond acceptors (Lipinski definition) is 7. The van der Waals surface area contributed by atoms with Gasteiger partial charge >= 0.3 is 8.32 Å². The second-order valence-electron chi connectivity index (χ2n) is 6.68. The van der Waals surface area contributed by atoms with Gasteiger partial charge in [0.05, 0.1) is 17.4 Å². The lowest BCUT2D eigenvalue weighted by Gasteiger charge is -2.31. The van der Waals surface area contributed by atoms with E-state index in [4.69, 9.17) is 24.0 Å². The van der Waals surface area contributed by atoms with E-state index in [1.54, 1.807) is 13.8 Å². The SMILES string of the molecule is CC(=O)O[Si](CCCn1cnc2ccccc21)(C1(C)OO1)C1(C)OO1. The van der Waals surface area contributed by atoms with Crippen LogP contribution in [0, 0.1) is 0 Å². The highest BCUT2D eigenvalue weighted by molar-refractivity contribution is 6.80. The minimum absolute atomic E-state index is 0.389. The molecule has 2 aliphatic heterocycles. The van der Waals surface area contributed by atoms with Crippen molar-refractivity contribution in [3.05, 3.63) is 30.6 Å². The zero-order valence-electron chi connectivity index (χ0n) is 14.4. The van der Waals surface area contributed by atoms with Gasteiger partial charge in [-0.1, -0.05) is 12.1 Å². The van der Waals surface area contributed by atoms with E-state index in [-0.39, 0.29) is 5.97 Å². The Bertz CT molecular complexity index is 796. The standard InChI is InChI=1S/C16H20N2O6Si/c1-12(19)20-25(15(2)21-22-15,16(3)23-24-16)10-6-9-18-11-17-13-7-4-5-8-14(13)18/h4-5,7-8,11H,6,9-10H2,1-3H3. The number of para-hydroxylation sites is 2. The van der Waals surface area contributed by atoms with Gasteiger partial charge in [-0.25, -0.2) is 4.98 Å². The lowest BCUT2D eigenvalue weighted by atomic mass is 10.3. The summed E-state index contributed by atoms with van der Waals surface area (Å²) < 4.78 is 7.85. The maximum atomic E-state index is 11.7. The summed E-state index contributed by atoms with van der Waals surface area (Å²) in [6, 6.07) is 8.53. The fourth-order valence-corrected chi connectivity index (χ4v) is 7.40. The van der Waals surface area contributed by atoms with Gasteiger partial charge in [-0.15, -0.1) is 0 Å². The van der Waals surface area contributed by atoms with Gasteiger partial charge in [0.2, 0.25) is 0 Å². The molecule has 3 heterocycles. The molecule has 0 unspecified atom stereocenters. The predicted molar refractivity (Wildman–Crippen MR) is 87.8 cm³/mol. The van der Waals surface area contributed by atoms with E-state index in [2.05, 4.69) is 9.55 Å². The van der Waals surface area contributed by atoms with Crippen LogP contribution in [0.15, 0.2) is 30.6 Å². The summed E-state index contributed by atoms with van der Waals surface area (Å²) in [5, 5.41) is 0. The summed E-state index contributed by atoms with van der Waals surface area (Å²) in [5.74, 6) is -0.389. The molecule has 0 aliphatic carbocycles. The van der Waals surface area contributed by atoms with Gasteiger partial charge in [-0.3, -0.25) is 4.79 Å². The average molecular weight is 364 g/mol. The van der Waals surface area contributed by atoms with Crippen LogP contribution in [0.4, 0.5) is 0 Å². The first-order valence-corrected chi connectivity index (χ1v) is 10.3. The van der Waals surface area contributed by atoms with E-state index in [0.717, 1.165) is 24.0 Å². The lowest BCUT2D eigenvalue weighted by molar-refractivity contribution is -0.133. The van der Waals surface area contributed by atoms with Crippen LogP contribution >= 0.6 is 0 Å². The first-order valence-electron chi connectivity index (χ1n) is 8.22. The number of fused-ring (bicyclic) bond motifs is 1. The number of aromatic nitrogens is 2. The molecule has 2 aliphatic rings.